The van der Waals surface area contributed by atoms with Gasteiger partial charge >= 0.3 is 0 Å². The first kappa shape index (κ1) is 18.4. The van der Waals surface area contributed by atoms with Crippen LogP contribution in [0.1, 0.15) is 92.9 Å². The van der Waals surface area contributed by atoms with Crippen molar-refractivity contribution in [2.24, 2.45) is 11.8 Å². The Kier molecular flexibility index (Phi) is 17.2. The zero-order chi connectivity index (χ0) is 12.8. The molecule has 0 heteroatoms. The van der Waals surface area contributed by atoms with Crippen LogP contribution in [0.4, 0.5) is 0 Å². The minimum atomic E-state index is 1.00. The molecule has 0 aromatic carbocycles. The van der Waals surface area contributed by atoms with E-state index in [-0.39, 0.29) is 0 Å². The smallest absolute Gasteiger partial charge is 0.0440 e. The lowest BCUT2D eigenvalue weighted by Crippen LogP contribution is -1.97. The molecule has 2 atom stereocenters. The molecule has 1 fully saturated rings. The highest BCUT2D eigenvalue weighted by atomic mass is 14.2. The summed E-state index contributed by atoms with van der Waals surface area (Å²) in [5, 5.41) is 0. The molecule has 1 rings (SSSR count). The molecule has 0 aromatic heterocycles. The fraction of sp³-hybridized carbons (Fsp3) is 1.00. The monoisotopic (exact) mass is 228 g/mol. The van der Waals surface area contributed by atoms with Gasteiger partial charge in [-0.05, 0) is 18.3 Å². The number of rotatable bonds is 2. The Morgan fingerprint density at radius 1 is 0.812 bits per heavy atom. The first-order valence-electron chi connectivity index (χ1n) is 7.70. The van der Waals surface area contributed by atoms with E-state index in [1.165, 1.54) is 51.4 Å². The molecule has 0 spiro atoms. The van der Waals surface area contributed by atoms with Crippen molar-refractivity contribution in [3.05, 3.63) is 0 Å². The Bertz CT molecular complexity index is 94.6. The van der Waals surface area contributed by atoms with Gasteiger partial charge in [0, 0.05) is 0 Å². The van der Waals surface area contributed by atoms with Gasteiger partial charge in [0.1, 0.15) is 0 Å². The minimum Gasteiger partial charge on any atom is -0.0683 e. The molecule has 2 unspecified atom stereocenters. The summed E-state index contributed by atoms with van der Waals surface area (Å²) in [4.78, 5) is 0. The highest BCUT2D eigenvalue weighted by molar-refractivity contribution is 4.64. The summed E-state index contributed by atoms with van der Waals surface area (Å²) in [5.74, 6) is 2.00. The average molecular weight is 228 g/mol. The fourth-order valence-corrected chi connectivity index (χ4v) is 2.26. The SMILES string of the molecule is CC.CC1CCCCC(C)C1.CCCCC. The molecule has 1 aliphatic rings. The van der Waals surface area contributed by atoms with Crippen LogP contribution in [0, 0.1) is 11.8 Å². The van der Waals surface area contributed by atoms with Crippen molar-refractivity contribution in [3.63, 3.8) is 0 Å². The Labute approximate surface area is 105 Å². The molecule has 1 saturated carbocycles. The molecule has 0 nitrogen and oxygen atoms in total. The molecule has 0 radical (unpaired) electrons. The van der Waals surface area contributed by atoms with Crippen LogP contribution in [0.5, 0.6) is 0 Å². The fourth-order valence-electron chi connectivity index (χ4n) is 2.26. The van der Waals surface area contributed by atoms with E-state index < -0.39 is 0 Å². The van der Waals surface area contributed by atoms with E-state index in [4.69, 9.17) is 0 Å². The van der Waals surface area contributed by atoms with Gasteiger partial charge < -0.3 is 0 Å². The van der Waals surface area contributed by atoms with Crippen LogP contribution in [0.2, 0.25) is 0 Å². The van der Waals surface area contributed by atoms with Crippen LogP contribution < -0.4 is 0 Å². The van der Waals surface area contributed by atoms with Crippen LogP contribution in [0.25, 0.3) is 0 Å². The van der Waals surface area contributed by atoms with Gasteiger partial charge in [-0.1, -0.05) is 86.5 Å². The Hall–Kier alpha value is 0. The molecule has 0 aromatic rings. The van der Waals surface area contributed by atoms with E-state index >= 15 is 0 Å². The van der Waals surface area contributed by atoms with Crippen LogP contribution >= 0.6 is 0 Å². The Morgan fingerprint density at radius 2 is 1.19 bits per heavy atom. The Balaban J connectivity index is 0. The molecule has 100 valence electrons. The molecule has 0 heterocycles. The van der Waals surface area contributed by atoms with E-state index in [1.54, 1.807) is 0 Å². The molecule has 0 bridgehead atoms. The lowest BCUT2D eigenvalue weighted by atomic mass is 9.97. The summed E-state index contributed by atoms with van der Waals surface area (Å²) in [6.07, 6.45) is 11.5. The topological polar surface area (TPSA) is 0 Å². The van der Waals surface area contributed by atoms with Crippen molar-refractivity contribution >= 4 is 0 Å². The first-order chi connectivity index (χ1) is 7.70. The maximum Gasteiger partial charge on any atom is -0.0440 e. The second-order valence-corrected chi connectivity index (χ2v) is 5.08. The quantitative estimate of drug-likeness (QED) is 0.477. The largest absolute Gasteiger partial charge is 0.0683 e. The molecule has 0 N–H and O–H groups in total. The van der Waals surface area contributed by atoms with Gasteiger partial charge in [0.05, 0.1) is 0 Å². The number of unbranched alkanes of at least 4 members (excludes halogenated alkanes) is 2. The third-order valence-corrected chi connectivity index (χ3v) is 3.16. The van der Waals surface area contributed by atoms with Gasteiger partial charge in [-0.2, -0.15) is 0 Å². The van der Waals surface area contributed by atoms with Crippen molar-refractivity contribution in [1.82, 2.24) is 0 Å². The second kappa shape index (κ2) is 15.0. The predicted octanol–water partition coefficient (Wildman–Crippen LogP) is 6.45. The van der Waals surface area contributed by atoms with E-state index in [0.29, 0.717) is 0 Å². The number of hydrogen-bond donors (Lipinski definition) is 0. The molecule has 16 heavy (non-hydrogen) atoms. The minimum absolute atomic E-state index is 1.00. The molecule has 0 amide bonds. The summed E-state index contributed by atoms with van der Waals surface area (Å²) < 4.78 is 0. The summed E-state index contributed by atoms with van der Waals surface area (Å²) >= 11 is 0. The van der Waals surface area contributed by atoms with Crippen molar-refractivity contribution < 1.29 is 0 Å². The maximum atomic E-state index is 2.39. The van der Waals surface area contributed by atoms with Crippen molar-refractivity contribution in [2.75, 3.05) is 0 Å². The van der Waals surface area contributed by atoms with Crippen LogP contribution in [0.15, 0.2) is 0 Å². The van der Waals surface area contributed by atoms with E-state index in [0.717, 1.165) is 11.8 Å². The lowest BCUT2D eigenvalue weighted by Gasteiger charge is -2.09. The lowest BCUT2D eigenvalue weighted by molar-refractivity contribution is 0.423. The third kappa shape index (κ3) is 14.0. The van der Waals surface area contributed by atoms with Gasteiger partial charge in [0.15, 0.2) is 0 Å². The van der Waals surface area contributed by atoms with Gasteiger partial charge in [0.2, 0.25) is 0 Å². The van der Waals surface area contributed by atoms with Crippen LogP contribution in [0.3, 0.4) is 0 Å². The van der Waals surface area contributed by atoms with E-state index in [1.807, 2.05) is 13.8 Å². The van der Waals surface area contributed by atoms with Crippen molar-refractivity contribution in [2.45, 2.75) is 92.9 Å². The van der Waals surface area contributed by atoms with Crippen molar-refractivity contribution in [3.8, 4) is 0 Å². The molecule has 0 saturated heterocycles. The summed E-state index contributed by atoms with van der Waals surface area (Å²) in [7, 11) is 0. The third-order valence-electron chi connectivity index (χ3n) is 3.16. The second-order valence-electron chi connectivity index (χ2n) is 5.08. The zero-order valence-electron chi connectivity index (χ0n) is 12.8. The molecular formula is C16H36. The maximum absolute atomic E-state index is 2.39. The highest BCUT2D eigenvalue weighted by Crippen LogP contribution is 2.26. The standard InChI is InChI=1S/C9H18.C5H12.C2H6/c1-8-5-3-4-6-9(2)7-8;1-3-5-4-2;1-2/h8-9H,3-7H2,1-2H3;3-5H2,1-2H3;1-2H3. The Morgan fingerprint density at radius 3 is 1.44 bits per heavy atom. The molecule has 1 aliphatic carbocycles. The normalized spacial score (nSPS) is 24.4. The molecule has 0 aliphatic heterocycles. The van der Waals surface area contributed by atoms with Gasteiger partial charge in [0.25, 0.3) is 0 Å². The number of hydrogen-bond acceptors (Lipinski definition) is 0. The first-order valence-corrected chi connectivity index (χ1v) is 7.70. The highest BCUT2D eigenvalue weighted by Gasteiger charge is 2.12. The van der Waals surface area contributed by atoms with Crippen LogP contribution in [-0.4, -0.2) is 0 Å². The summed E-state index contributed by atoms with van der Waals surface area (Å²) in [6, 6.07) is 0. The summed E-state index contributed by atoms with van der Waals surface area (Å²) in [5.41, 5.74) is 0. The molecular weight excluding hydrogens is 192 g/mol. The van der Waals surface area contributed by atoms with Gasteiger partial charge in [-0.15, -0.1) is 0 Å². The zero-order valence-corrected chi connectivity index (χ0v) is 12.8. The van der Waals surface area contributed by atoms with Crippen molar-refractivity contribution in [1.29, 1.82) is 0 Å². The summed E-state index contributed by atoms with van der Waals surface area (Å²) in [6.45, 7) is 13.2. The van der Waals surface area contributed by atoms with Gasteiger partial charge in [-0.3, -0.25) is 0 Å². The van der Waals surface area contributed by atoms with Crippen LogP contribution in [-0.2, 0) is 0 Å². The average Bonchev–Trinajstić information content (AvgIpc) is 2.47. The van der Waals surface area contributed by atoms with E-state index in [2.05, 4.69) is 27.7 Å². The predicted molar refractivity (Wildman–Crippen MR) is 78.0 cm³/mol. The van der Waals surface area contributed by atoms with Gasteiger partial charge in [-0.25, -0.2) is 0 Å². The van der Waals surface area contributed by atoms with E-state index in [9.17, 15) is 0 Å².